The fourth-order valence-corrected chi connectivity index (χ4v) is 3.89. The smallest absolute Gasteiger partial charge is 0.0330 e. The van der Waals surface area contributed by atoms with Crippen molar-refractivity contribution in [2.45, 2.75) is 70.4 Å². The zero-order valence-corrected chi connectivity index (χ0v) is 15.0. The Morgan fingerprint density at radius 2 is 1.71 bits per heavy atom. The van der Waals surface area contributed by atoms with E-state index in [1.165, 1.54) is 64.6 Å². The van der Waals surface area contributed by atoms with Crippen molar-refractivity contribution in [2.75, 3.05) is 40.8 Å². The highest BCUT2D eigenvalue weighted by Crippen LogP contribution is 2.37. The maximum atomic E-state index is 3.78. The van der Waals surface area contributed by atoms with Crippen LogP contribution in [-0.4, -0.2) is 62.2 Å². The number of rotatable bonds is 10. The highest BCUT2D eigenvalue weighted by molar-refractivity contribution is 4.99. The van der Waals surface area contributed by atoms with Gasteiger partial charge in [-0.1, -0.05) is 13.8 Å². The standard InChI is InChI=1S/C18H37N3/c1-6-17(7-2,13-19-16-9-10-16)14-21(5)15-18(20(3)4)11-8-12-18/h16,19H,6-15H2,1-5H3. The molecule has 0 aromatic rings. The maximum absolute atomic E-state index is 3.78. The van der Waals surface area contributed by atoms with Gasteiger partial charge < -0.3 is 15.1 Å². The van der Waals surface area contributed by atoms with Crippen molar-refractivity contribution >= 4 is 0 Å². The van der Waals surface area contributed by atoms with Gasteiger partial charge in [0.05, 0.1) is 0 Å². The van der Waals surface area contributed by atoms with Crippen LogP contribution in [0.2, 0.25) is 0 Å². The van der Waals surface area contributed by atoms with Gasteiger partial charge in [0.15, 0.2) is 0 Å². The first-order chi connectivity index (χ1) is 9.95. The third-order valence-corrected chi connectivity index (χ3v) is 6.25. The molecule has 0 bridgehead atoms. The Kier molecular flexibility index (Phi) is 5.72. The van der Waals surface area contributed by atoms with Crippen LogP contribution in [0.4, 0.5) is 0 Å². The zero-order chi connectivity index (χ0) is 15.5. The largest absolute Gasteiger partial charge is 0.313 e. The van der Waals surface area contributed by atoms with Crippen LogP contribution >= 0.6 is 0 Å². The minimum absolute atomic E-state index is 0.450. The second-order valence-corrected chi connectivity index (χ2v) is 8.01. The average Bonchev–Trinajstić information content (AvgIpc) is 3.22. The van der Waals surface area contributed by atoms with Gasteiger partial charge in [0.25, 0.3) is 0 Å². The predicted molar refractivity (Wildman–Crippen MR) is 91.8 cm³/mol. The molecular weight excluding hydrogens is 258 g/mol. The van der Waals surface area contributed by atoms with Gasteiger partial charge in [0.2, 0.25) is 0 Å². The van der Waals surface area contributed by atoms with Crippen molar-refractivity contribution in [3.05, 3.63) is 0 Å². The summed E-state index contributed by atoms with van der Waals surface area (Å²) in [5, 5.41) is 3.78. The molecule has 0 saturated heterocycles. The molecule has 2 saturated carbocycles. The molecule has 0 aromatic heterocycles. The van der Waals surface area contributed by atoms with Gasteiger partial charge in [0, 0.05) is 31.2 Å². The molecule has 2 aliphatic carbocycles. The summed E-state index contributed by atoms with van der Waals surface area (Å²) in [7, 11) is 6.85. The number of nitrogens with zero attached hydrogens (tertiary/aromatic N) is 2. The normalized spacial score (nSPS) is 21.9. The molecule has 124 valence electrons. The molecule has 3 nitrogen and oxygen atoms in total. The molecular formula is C18H37N3. The van der Waals surface area contributed by atoms with Gasteiger partial charge in [-0.15, -0.1) is 0 Å². The first-order valence-electron chi connectivity index (χ1n) is 9.05. The van der Waals surface area contributed by atoms with Crippen LogP contribution in [-0.2, 0) is 0 Å². The Morgan fingerprint density at radius 1 is 1.10 bits per heavy atom. The molecule has 0 heterocycles. The second-order valence-electron chi connectivity index (χ2n) is 8.01. The van der Waals surface area contributed by atoms with Crippen LogP contribution in [0.25, 0.3) is 0 Å². The summed E-state index contributed by atoms with van der Waals surface area (Å²) >= 11 is 0. The summed E-state index contributed by atoms with van der Waals surface area (Å²) in [5.74, 6) is 0. The molecule has 1 N–H and O–H groups in total. The summed E-state index contributed by atoms with van der Waals surface area (Å²) < 4.78 is 0. The summed E-state index contributed by atoms with van der Waals surface area (Å²) in [6.07, 6.45) is 9.49. The Balaban J connectivity index is 1.88. The summed E-state index contributed by atoms with van der Waals surface area (Å²) in [5.41, 5.74) is 0.903. The van der Waals surface area contributed by atoms with Crippen molar-refractivity contribution in [1.29, 1.82) is 0 Å². The number of hydrogen-bond donors (Lipinski definition) is 1. The van der Waals surface area contributed by atoms with Crippen molar-refractivity contribution in [1.82, 2.24) is 15.1 Å². The van der Waals surface area contributed by atoms with Gasteiger partial charge in [0.1, 0.15) is 0 Å². The molecule has 2 fully saturated rings. The maximum Gasteiger partial charge on any atom is 0.0330 e. The molecule has 0 amide bonds. The molecule has 0 unspecified atom stereocenters. The van der Waals surface area contributed by atoms with Crippen molar-refractivity contribution in [3.63, 3.8) is 0 Å². The molecule has 21 heavy (non-hydrogen) atoms. The van der Waals surface area contributed by atoms with Crippen molar-refractivity contribution < 1.29 is 0 Å². The second kappa shape index (κ2) is 6.97. The van der Waals surface area contributed by atoms with Crippen LogP contribution in [0.3, 0.4) is 0 Å². The molecule has 3 heteroatoms. The first-order valence-corrected chi connectivity index (χ1v) is 9.05. The van der Waals surface area contributed by atoms with Crippen molar-refractivity contribution in [2.24, 2.45) is 5.41 Å². The van der Waals surface area contributed by atoms with Crippen LogP contribution < -0.4 is 5.32 Å². The van der Waals surface area contributed by atoms with Gasteiger partial charge in [-0.05, 0) is 71.5 Å². The number of likely N-dealkylation sites (N-methyl/N-ethyl adjacent to an activating group) is 2. The lowest BCUT2D eigenvalue weighted by Gasteiger charge is -2.50. The Labute approximate surface area is 132 Å². The molecule has 0 spiro atoms. The van der Waals surface area contributed by atoms with Crippen LogP contribution in [0.15, 0.2) is 0 Å². The fourth-order valence-electron chi connectivity index (χ4n) is 3.89. The predicted octanol–water partition coefficient (Wildman–Crippen LogP) is 2.96. The van der Waals surface area contributed by atoms with Crippen LogP contribution in [0, 0.1) is 5.41 Å². The van der Waals surface area contributed by atoms with E-state index in [9.17, 15) is 0 Å². The minimum Gasteiger partial charge on any atom is -0.313 e. The molecule has 2 aliphatic rings. The van der Waals surface area contributed by atoms with E-state index in [0.29, 0.717) is 11.0 Å². The molecule has 0 radical (unpaired) electrons. The van der Waals surface area contributed by atoms with Gasteiger partial charge >= 0.3 is 0 Å². The summed E-state index contributed by atoms with van der Waals surface area (Å²) in [4.78, 5) is 5.08. The average molecular weight is 296 g/mol. The highest BCUT2D eigenvalue weighted by Gasteiger charge is 2.41. The van der Waals surface area contributed by atoms with E-state index >= 15 is 0 Å². The summed E-state index contributed by atoms with van der Waals surface area (Å²) in [6.45, 7) is 8.40. The summed E-state index contributed by atoms with van der Waals surface area (Å²) in [6, 6.07) is 0.826. The Hall–Kier alpha value is -0.120. The van der Waals surface area contributed by atoms with E-state index in [-0.39, 0.29) is 0 Å². The lowest BCUT2D eigenvalue weighted by molar-refractivity contribution is 0.0142. The number of hydrogen-bond acceptors (Lipinski definition) is 3. The first kappa shape index (κ1) is 17.2. The Bertz CT molecular complexity index is 314. The lowest BCUT2D eigenvalue weighted by atomic mass is 9.74. The minimum atomic E-state index is 0.450. The fraction of sp³-hybridized carbons (Fsp3) is 1.00. The molecule has 0 atom stereocenters. The third-order valence-electron chi connectivity index (χ3n) is 6.25. The monoisotopic (exact) mass is 295 g/mol. The van der Waals surface area contributed by atoms with Crippen molar-refractivity contribution in [3.8, 4) is 0 Å². The quantitative estimate of drug-likeness (QED) is 0.668. The Morgan fingerprint density at radius 3 is 2.10 bits per heavy atom. The third kappa shape index (κ3) is 4.20. The van der Waals surface area contributed by atoms with E-state index in [4.69, 9.17) is 0 Å². The molecule has 0 aromatic carbocycles. The molecule has 2 rings (SSSR count). The van der Waals surface area contributed by atoms with Gasteiger partial charge in [-0.25, -0.2) is 0 Å². The van der Waals surface area contributed by atoms with E-state index in [2.05, 4.69) is 50.1 Å². The van der Waals surface area contributed by atoms with Gasteiger partial charge in [-0.2, -0.15) is 0 Å². The lowest BCUT2D eigenvalue weighted by Crippen LogP contribution is -2.58. The number of nitrogens with one attached hydrogen (secondary N) is 1. The van der Waals surface area contributed by atoms with E-state index in [1.807, 2.05) is 0 Å². The van der Waals surface area contributed by atoms with Crippen LogP contribution in [0.5, 0.6) is 0 Å². The topological polar surface area (TPSA) is 18.5 Å². The van der Waals surface area contributed by atoms with E-state index in [1.54, 1.807) is 0 Å². The van der Waals surface area contributed by atoms with Gasteiger partial charge in [-0.3, -0.25) is 0 Å². The van der Waals surface area contributed by atoms with E-state index < -0.39 is 0 Å². The van der Waals surface area contributed by atoms with E-state index in [0.717, 1.165) is 6.04 Å². The SMILES string of the molecule is CCC(CC)(CNC1CC1)CN(C)CC1(N(C)C)CCC1. The van der Waals surface area contributed by atoms with Crippen LogP contribution in [0.1, 0.15) is 58.8 Å². The zero-order valence-electron chi connectivity index (χ0n) is 15.0. The highest BCUT2D eigenvalue weighted by atomic mass is 15.2. The molecule has 0 aliphatic heterocycles.